The highest BCUT2D eigenvalue weighted by atomic mass is 32.2. The number of amides is 1. The third-order valence-electron chi connectivity index (χ3n) is 5.13. The van der Waals surface area contributed by atoms with Gasteiger partial charge in [-0.2, -0.15) is 0 Å². The van der Waals surface area contributed by atoms with Gasteiger partial charge in [-0.3, -0.25) is 9.78 Å². The van der Waals surface area contributed by atoms with Crippen LogP contribution in [0.5, 0.6) is 0 Å². The van der Waals surface area contributed by atoms with Crippen LogP contribution in [-0.2, 0) is 21.7 Å². The Kier molecular flexibility index (Phi) is 6.87. The molecule has 0 unspecified atom stereocenters. The van der Waals surface area contributed by atoms with Gasteiger partial charge in [0.05, 0.1) is 7.11 Å². The lowest BCUT2D eigenvalue weighted by atomic mass is 10.0. The Morgan fingerprint density at radius 3 is 2.66 bits per heavy atom. The van der Waals surface area contributed by atoms with Crippen LogP contribution in [0.4, 0.5) is 0 Å². The van der Waals surface area contributed by atoms with Crippen molar-refractivity contribution < 1.29 is 14.3 Å². The molecule has 6 nitrogen and oxygen atoms in total. The van der Waals surface area contributed by atoms with E-state index in [4.69, 9.17) is 4.74 Å². The number of ether oxygens (including phenoxy) is 1. The van der Waals surface area contributed by atoms with Gasteiger partial charge in [0.15, 0.2) is 0 Å². The second kappa shape index (κ2) is 10.2. The Morgan fingerprint density at radius 1 is 1.09 bits per heavy atom. The molecule has 0 radical (unpaired) electrons. The molecular formula is C25H23N3O3S. The second-order valence-electron chi connectivity index (χ2n) is 7.29. The van der Waals surface area contributed by atoms with Crippen molar-refractivity contribution in [2.24, 2.45) is 0 Å². The number of para-hydroxylation sites is 1. The molecule has 1 atom stereocenters. The summed E-state index contributed by atoms with van der Waals surface area (Å²) in [6, 6.07) is 18.3. The van der Waals surface area contributed by atoms with E-state index in [1.165, 1.54) is 7.11 Å². The van der Waals surface area contributed by atoms with Gasteiger partial charge in [0.1, 0.15) is 6.04 Å². The van der Waals surface area contributed by atoms with Gasteiger partial charge in [-0.1, -0.05) is 24.3 Å². The summed E-state index contributed by atoms with van der Waals surface area (Å²) in [5, 5.41) is 3.84. The number of methoxy groups -OCH3 is 1. The van der Waals surface area contributed by atoms with Gasteiger partial charge in [0.2, 0.25) is 0 Å². The summed E-state index contributed by atoms with van der Waals surface area (Å²) in [4.78, 5) is 33.5. The summed E-state index contributed by atoms with van der Waals surface area (Å²) in [6.07, 6.45) is 5.79. The molecule has 7 heteroatoms. The minimum absolute atomic E-state index is 0.316. The lowest BCUT2D eigenvalue weighted by Gasteiger charge is -2.16. The number of carbonyl (C=O) groups excluding carboxylic acids is 2. The number of H-pyrrole nitrogens is 1. The van der Waals surface area contributed by atoms with Crippen LogP contribution in [0.15, 0.2) is 84.1 Å². The molecule has 2 aromatic carbocycles. The molecule has 0 bridgehead atoms. The minimum Gasteiger partial charge on any atom is -0.467 e. The number of hydrogen-bond acceptors (Lipinski definition) is 5. The van der Waals surface area contributed by atoms with Crippen LogP contribution in [0, 0.1) is 0 Å². The summed E-state index contributed by atoms with van der Waals surface area (Å²) in [5.74, 6) is 0.00495. The van der Waals surface area contributed by atoms with E-state index in [-0.39, 0.29) is 5.91 Å². The van der Waals surface area contributed by atoms with Crippen molar-refractivity contribution in [3.63, 3.8) is 0 Å². The third-order valence-corrected chi connectivity index (χ3v) is 6.22. The fraction of sp³-hybridized carbons (Fsp3) is 0.160. The zero-order valence-electron chi connectivity index (χ0n) is 17.6. The van der Waals surface area contributed by atoms with Gasteiger partial charge >= 0.3 is 5.97 Å². The van der Waals surface area contributed by atoms with Crippen LogP contribution in [0.3, 0.4) is 0 Å². The normalized spacial score (nSPS) is 11.8. The van der Waals surface area contributed by atoms with Crippen LogP contribution < -0.4 is 5.32 Å². The van der Waals surface area contributed by atoms with Crippen LogP contribution in [0.2, 0.25) is 0 Å². The minimum atomic E-state index is -0.786. The van der Waals surface area contributed by atoms with Gasteiger partial charge in [0, 0.05) is 52.1 Å². The fourth-order valence-electron chi connectivity index (χ4n) is 3.45. The fourth-order valence-corrected chi connectivity index (χ4v) is 4.28. The number of esters is 1. The number of pyridine rings is 1. The Labute approximate surface area is 190 Å². The molecule has 1 amide bonds. The molecule has 0 fully saturated rings. The zero-order valence-corrected chi connectivity index (χ0v) is 18.4. The number of hydrogen-bond donors (Lipinski definition) is 2. The van der Waals surface area contributed by atoms with Gasteiger partial charge < -0.3 is 15.0 Å². The highest BCUT2D eigenvalue weighted by molar-refractivity contribution is 7.98. The smallest absolute Gasteiger partial charge is 0.328 e. The van der Waals surface area contributed by atoms with Crippen LogP contribution in [0.1, 0.15) is 21.5 Å². The number of nitrogens with zero attached hydrogens (tertiary/aromatic N) is 1. The third kappa shape index (κ3) is 5.18. The quantitative estimate of drug-likeness (QED) is 0.311. The summed E-state index contributed by atoms with van der Waals surface area (Å²) in [7, 11) is 1.32. The molecule has 0 aliphatic carbocycles. The molecule has 0 saturated carbocycles. The molecule has 2 heterocycles. The molecule has 2 aromatic heterocycles. The first-order valence-electron chi connectivity index (χ1n) is 10.2. The lowest BCUT2D eigenvalue weighted by Crippen LogP contribution is -2.43. The van der Waals surface area contributed by atoms with E-state index in [0.29, 0.717) is 12.0 Å². The van der Waals surface area contributed by atoms with E-state index in [2.05, 4.69) is 15.3 Å². The molecule has 0 aliphatic heterocycles. The molecule has 2 N–H and O–H groups in total. The van der Waals surface area contributed by atoms with Crippen molar-refractivity contribution in [3.05, 3.63) is 95.9 Å². The Bertz CT molecular complexity index is 1210. The number of aromatic nitrogens is 2. The lowest BCUT2D eigenvalue weighted by molar-refractivity contribution is -0.142. The largest absolute Gasteiger partial charge is 0.467 e. The topological polar surface area (TPSA) is 84.1 Å². The predicted molar refractivity (Wildman–Crippen MR) is 126 cm³/mol. The molecule has 0 saturated heterocycles. The SMILES string of the molecule is COC(=O)[C@@H](Cc1c[nH]c2ccccc12)NC(=O)c1ccc(SCc2cccnc2)cc1. The average Bonchev–Trinajstić information content (AvgIpc) is 3.25. The van der Waals surface area contributed by atoms with Crippen molar-refractivity contribution in [2.75, 3.05) is 7.11 Å². The summed E-state index contributed by atoms with van der Waals surface area (Å²) >= 11 is 1.67. The van der Waals surface area contributed by atoms with Crippen molar-refractivity contribution in [1.82, 2.24) is 15.3 Å². The first-order chi connectivity index (χ1) is 15.6. The summed E-state index contributed by atoms with van der Waals surface area (Å²) in [6.45, 7) is 0. The standard InChI is InChI=1S/C25H23N3O3S/c1-31-25(30)23(13-19-15-27-22-7-3-2-6-21(19)22)28-24(29)18-8-10-20(11-9-18)32-16-17-5-4-12-26-14-17/h2-12,14-15,23,27H,13,16H2,1H3,(H,28,29)/t23-/m1/s1. The predicted octanol–water partition coefficient (Wildman–Crippen LogP) is 4.37. The highest BCUT2D eigenvalue weighted by Gasteiger charge is 2.24. The zero-order chi connectivity index (χ0) is 22.3. The molecular weight excluding hydrogens is 422 g/mol. The van der Waals surface area contributed by atoms with Crippen molar-refractivity contribution in [3.8, 4) is 0 Å². The molecule has 0 aliphatic rings. The Balaban J connectivity index is 1.42. The number of benzene rings is 2. The first kappa shape index (κ1) is 21.6. The number of nitrogens with one attached hydrogen (secondary N) is 2. The summed E-state index contributed by atoms with van der Waals surface area (Å²) < 4.78 is 4.93. The van der Waals surface area contributed by atoms with E-state index >= 15 is 0 Å². The van der Waals surface area contributed by atoms with Gasteiger partial charge in [-0.05, 0) is 47.5 Å². The Hall–Kier alpha value is -3.58. The van der Waals surface area contributed by atoms with E-state index in [0.717, 1.165) is 32.7 Å². The number of fused-ring (bicyclic) bond motifs is 1. The van der Waals surface area contributed by atoms with Crippen molar-refractivity contribution in [2.45, 2.75) is 23.1 Å². The monoisotopic (exact) mass is 445 g/mol. The Morgan fingerprint density at radius 2 is 1.91 bits per heavy atom. The van der Waals surface area contributed by atoms with E-state index < -0.39 is 12.0 Å². The molecule has 4 rings (SSSR count). The number of thioether (sulfide) groups is 1. The number of carbonyl (C=O) groups is 2. The molecule has 162 valence electrons. The van der Waals surface area contributed by atoms with Crippen molar-refractivity contribution >= 4 is 34.5 Å². The number of rotatable bonds is 8. The maximum atomic E-state index is 12.8. The van der Waals surface area contributed by atoms with Gasteiger partial charge in [0.25, 0.3) is 5.91 Å². The molecule has 0 spiro atoms. The maximum Gasteiger partial charge on any atom is 0.328 e. The van der Waals surface area contributed by atoms with E-state index in [9.17, 15) is 9.59 Å². The van der Waals surface area contributed by atoms with Crippen LogP contribution >= 0.6 is 11.8 Å². The van der Waals surface area contributed by atoms with E-state index in [1.807, 2.05) is 60.9 Å². The second-order valence-corrected chi connectivity index (χ2v) is 8.34. The van der Waals surface area contributed by atoms with Gasteiger partial charge in [-0.15, -0.1) is 11.8 Å². The molecule has 4 aromatic rings. The van der Waals surface area contributed by atoms with E-state index in [1.54, 1.807) is 30.1 Å². The van der Waals surface area contributed by atoms with Gasteiger partial charge in [-0.25, -0.2) is 4.79 Å². The number of aromatic amines is 1. The maximum absolute atomic E-state index is 12.8. The first-order valence-corrected chi connectivity index (χ1v) is 11.2. The molecule has 32 heavy (non-hydrogen) atoms. The van der Waals surface area contributed by atoms with Crippen LogP contribution in [0.25, 0.3) is 10.9 Å². The average molecular weight is 446 g/mol. The summed E-state index contributed by atoms with van der Waals surface area (Å²) in [5.41, 5.74) is 3.55. The highest BCUT2D eigenvalue weighted by Crippen LogP contribution is 2.23. The van der Waals surface area contributed by atoms with Crippen LogP contribution in [-0.4, -0.2) is 35.0 Å². The van der Waals surface area contributed by atoms with Crippen molar-refractivity contribution in [1.29, 1.82) is 0 Å².